The zero-order chi connectivity index (χ0) is 30.6. The van der Waals surface area contributed by atoms with Crippen LogP contribution < -0.4 is 0 Å². The van der Waals surface area contributed by atoms with Crippen molar-refractivity contribution in [2.75, 3.05) is 47.5 Å². The van der Waals surface area contributed by atoms with Gasteiger partial charge < -0.3 is 23.6 Å². The highest BCUT2D eigenvalue weighted by Gasteiger charge is 2.36. The Labute approximate surface area is 246 Å². The van der Waals surface area contributed by atoms with Crippen molar-refractivity contribution in [2.45, 2.75) is 96.4 Å². The van der Waals surface area contributed by atoms with Crippen LogP contribution in [0, 0.1) is 0 Å². The molecule has 0 bridgehead atoms. The molecule has 0 radical (unpaired) electrons. The number of hydrogen-bond acceptors (Lipinski definition) is 8. The van der Waals surface area contributed by atoms with Gasteiger partial charge in [0.05, 0.1) is 40.0 Å². The lowest BCUT2D eigenvalue weighted by molar-refractivity contribution is -0.870. The number of allylic oxidation sites excluding steroid dienone is 5. The Bertz CT molecular complexity index is 882. The largest absolute Gasteiger partial charge is 0.472 e. The summed E-state index contributed by atoms with van der Waals surface area (Å²) in [5.74, 6) is -1.07. The normalized spacial score (nSPS) is 19.6. The quantitative estimate of drug-likeness (QED) is 0.0373. The van der Waals surface area contributed by atoms with Crippen molar-refractivity contribution in [3.8, 4) is 0 Å². The van der Waals surface area contributed by atoms with E-state index in [0.29, 0.717) is 29.7 Å². The van der Waals surface area contributed by atoms with Crippen molar-refractivity contribution in [1.29, 1.82) is 0 Å². The highest BCUT2D eigenvalue weighted by atomic mass is 31.2. The molecule has 1 aliphatic heterocycles. The Kier molecular flexibility index (Phi) is 19.0. The van der Waals surface area contributed by atoms with Gasteiger partial charge in [-0.2, -0.15) is 0 Å². The fourth-order valence-corrected chi connectivity index (χ4v) is 4.49. The molecule has 0 aromatic rings. The number of phosphoric ester groups is 1. The Morgan fingerprint density at radius 1 is 0.951 bits per heavy atom. The molecule has 0 aromatic carbocycles. The molecule has 1 fully saturated rings. The number of quaternary nitrogens is 1. The second kappa shape index (κ2) is 21.0. The van der Waals surface area contributed by atoms with E-state index >= 15 is 0 Å². The summed E-state index contributed by atoms with van der Waals surface area (Å²) in [5.41, 5.74) is 0. The average Bonchev–Trinajstić information content (AvgIpc) is 3.63. The molecular weight excluding hydrogens is 549 g/mol. The van der Waals surface area contributed by atoms with E-state index < -0.39 is 32.5 Å². The van der Waals surface area contributed by atoms with E-state index in [4.69, 9.17) is 23.3 Å². The van der Waals surface area contributed by atoms with Crippen LogP contribution in [0.1, 0.15) is 78.1 Å². The van der Waals surface area contributed by atoms with Crippen LogP contribution in [0.25, 0.3) is 0 Å². The lowest BCUT2D eigenvalue weighted by atomic mass is 10.1. The summed E-state index contributed by atoms with van der Waals surface area (Å²) in [7, 11) is 1.42. The first-order chi connectivity index (χ1) is 19.4. The van der Waals surface area contributed by atoms with Crippen molar-refractivity contribution in [1.82, 2.24) is 0 Å². The number of epoxide rings is 1. The Balaban J connectivity index is 2.14. The van der Waals surface area contributed by atoms with Crippen molar-refractivity contribution >= 4 is 19.8 Å². The molecule has 11 heteroatoms. The van der Waals surface area contributed by atoms with Gasteiger partial charge in [0.15, 0.2) is 6.10 Å². The number of phosphoric acid groups is 1. The topological polar surface area (TPSA) is 121 Å². The van der Waals surface area contributed by atoms with Crippen LogP contribution in [-0.4, -0.2) is 87.1 Å². The van der Waals surface area contributed by atoms with Gasteiger partial charge in [0, 0.05) is 13.3 Å². The van der Waals surface area contributed by atoms with Gasteiger partial charge in [0.1, 0.15) is 19.8 Å². The molecule has 1 heterocycles. The van der Waals surface area contributed by atoms with Crippen molar-refractivity contribution in [3.63, 3.8) is 0 Å². The fraction of sp³-hybridized carbons (Fsp3) is 0.733. The van der Waals surface area contributed by atoms with E-state index in [1.807, 2.05) is 27.2 Å². The van der Waals surface area contributed by atoms with Crippen LogP contribution in [-0.2, 0) is 37.4 Å². The average molecular weight is 603 g/mol. The minimum absolute atomic E-state index is 0.0167. The van der Waals surface area contributed by atoms with E-state index in [0.717, 1.165) is 25.7 Å². The summed E-state index contributed by atoms with van der Waals surface area (Å²) in [6, 6.07) is 0. The molecule has 1 aliphatic rings. The van der Waals surface area contributed by atoms with Gasteiger partial charge in [-0.1, -0.05) is 62.6 Å². The van der Waals surface area contributed by atoms with Crippen molar-refractivity contribution in [2.24, 2.45) is 0 Å². The standard InChI is InChI=1S/C30H52NO9P/c1-6-7-16-19-28-29(40-28)20-17-14-12-10-8-9-11-13-15-18-21-30(33)36-24-27(39-26(2)32)25-38-41(34,35)37-23-22-31(3,4)5/h8,10-11,13-14,17,27-29H,6-7,9,12,15-16,18-25H2,1-5H3/p+1/b10-8-,13-11-,17-14-/t27-,28?,29?/m1/s1. The molecule has 3 unspecified atom stereocenters. The van der Waals surface area contributed by atoms with Crippen LogP contribution >= 0.6 is 7.82 Å². The lowest BCUT2D eigenvalue weighted by Crippen LogP contribution is -2.37. The molecule has 41 heavy (non-hydrogen) atoms. The molecule has 0 amide bonds. The van der Waals surface area contributed by atoms with E-state index in [-0.39, 0.29) is 19.6 Å². The van der Waals surface area contributed by atoms with Gasteiger partial charge in [0.2, 0.25) is 0 Å². The Hall–Kier alpha value is -1.81. The molecule has 1 N–H and O–H groups in total. The summed E-state index contributed by atoms with van der Waals surface area (Å²) in [6.45, 7) is 3.21. The monoisotopic (exact) mass is 602 g/mol. The number of unbranched alkanes of at least 4 members (excludes halogenated alkanes) is 3. The summed E-state index contributed by atoms with van der Waals surface area (Å²) >= 11 is 0. The number of nitrogens with zero attached hydrogens (tertiary/aromatic N) is 1. The summed E-state index contributed by atoms with van der Waals surface area (Å²) < 4.78 is 38.4. The molecule has 0 spiro atoms. The van der Waals surface area contributed by atoms with Gasteiger partial charge in [-0.3, -0.25) is 18.6 Å². The maximum Gasteiger partial charge on any atom is 0.472 e. The summed E-state index contributed by atoms with van der Waals surface area (Å²) in [4.78, 5) is 33.3. The van der Waals surface area contributed by atoms with E-state index in [1.165, 1.54) is 32.6 Å². The molecular formula is C30H53NO9P+. The second-order valence-electron chi connectivity index (χ2n) is 11.2. The highest BCUT2D eigenvalue weighted by Crippen LogP contribution is 2.43. The number of likely N-dealkylation sites (N-methyl/N-ethyl adjacent to an activating group) is 1. The third-order valence-corrected chi connectivity index (χ3v) is 7.13. The van der Waals surface area contributed by atoms with Crippen molar-refractivity contribution in [3.05, 3.63) is 36.5 Å². The van der Waals surface area contributed by atoms with Crippen molar-refractivity contribution < 1.29 is 46.8 Å². The molecule has 0 aliphatic carbocycles. The first-order valence-corrected chi connectivity index (χ1v) is 16.3. The first kappa shape index (κ1) is 37.2. The number of esters is 2. The molecule has 0 saturated carbocycles. The predicted molar refractivity (Wildman–Crippen MR) is 159 cm³/mol. The van der Waals surface area contributed by atoms with Crippen LogP contribution in [0.3, 0.4) is 0 Å². The maximum absolute atomic E-state index is 12.1. The first-order valence-electron chi connectivity index (χ1n) is 14.8. The Morgan fingerprint density at radius 2 is 1.63 bits per heavy atom. The molecule has 1 rings (SSSR count). The third kappa shape index (κ3) is 22.5. The van der Waals surface area contributed by atoms with Crippen LogP contribution in [0.4, 0.5) is 0 Å². The molecule has 10 nitrogen and oxygen atoms in total. The van der Waals surface area contributed by atoms with Crippen LogP contribution in [0.2, 0.25) is 0 Å². The lowest BCUT2D eigenvalue weighted by Gasteiger charge is -2.24. The van der Waals surface area contributed by atoms with Gasteiger partial charge >= 0.3 is 19.8 Å². The highest BCUT2D eigenvalue weighted by molar-refractivity contribution is 7.47. The summed E-state index contributed by atoms with van der Waals surface area (Å²) in [5, 5.41) is 0. The zero-order valence-corrected chi connectivity index (χ0v) is 26.6. The van der Waals surface area contributed by atoms with Gasteiger partial charge in [-0.15, -0.1) is 0 Å². The van der Waals surface area contributed by atoms with E-state index in [1.54, 1.807) is 0 Å². The van der Waals surface area contributed by atoms with E-state index in [9.17, 15) is 19.0 Å². The Morgan fingerprint density at radius 3 is 2.29 bits per heavy atom. The minimum Gasteiger partial charge on any atom is -0.462 e. The summed E-state index contributed by atoms with van der Waals surface area (Å²) in [6.07, 6.45) is 21.9. The number of carbonyl (C=O) groups excluding carboxylic acids is 2. The zero-order valence-electron chi connectivity index (χ0n) is 25.7. The molecule has 4 atom stereocenters. The second-order valence-corrected chi connectivity index (χ2v) is 12.7. The van der Waals surface area contributed by atoms with Crippen LogP contribution in [0.5, 0.6) is 0 Å². The van der Waals surface area contributed by atoms with E-state index in [2.05, 4.69) is 37.3 Å². The van der Waals surface area contributed by atoms with Crippen LogP contribution in [0.15, 0.2) is 36.5 Å². The number of ether oxygens (including phenoxy) is 3. The van der Waals surface area contributed by atoms with Gasteiger partial charge in [-0.25, -0.2) is 4.57 Å². The van der Waals surface area contributed by atoms with Gasteiger partial charge in [0.25, 0.3) is 0 Å². The predicted octanol–water partition coefficient (Wildman–Crippen LogP) is 5.66. The maximum atomic E-state index is 12.1. The van der Waals surface area contributed by atoms with Gasteiger partial charge in [-0.05, 0) is 38.5 Å². The third-order valence-electron chi connectivity index (χ3n) is 6.15. The minimum atomic E-state index is -4.33. The number of rotatable bonds is 24. The SMILES string of the molecule is CCCCCC1OC1C/C=C\C/C=C\C/C=C\CCCC(=O)OC[C@H](COP(=O)(O)OCC[N+](C)(C)C)OC(C)=O. The smallest absolute Gasteiger partial charge is 0.462 e. The fourth-order valence-electron chi connectivity index (χ4n) is 3.74. The molecule has 236 valence electrons. The number of hydrogen-bond donors (Lipinski definition) is 1. The molecule has 1 saturated heterocycles. The number of carbonyl (C=O) groups is 2. The molecule has 0 aromatic heterocycles.